The van der Waals surface area contributed by atoms with Gasteiger partial charge in [0.15, 0.2) is 11.6 Å². The highest BCUT2D eigenvalue weighted by molar-refractivity contribution is 7.92. The summed E-state index contributed by atoms with van der Waals surface area (Å²) < 4.78 is 52.1. The van der Waals surface area contributed by atoms with Crippen LogP contribution >= 0.6 is 0 Å². The van der Waals surface area contributed by atoms with Crippen molar-refractivity contribution in [3.8, 4) is 0 Å². The van der Waals surface area contributed by atoms with E-state index in [1.54, 1.807) is 0 Å². The fourth-order valence-electron chi connectivity index (χ4n) is 1.73. The zero-order valence-corrected chi connectivity index (χ0v) is 13.2. The third-order valence-electron chi connectivity index (χ3n) is 2.89. The average molecular weight is 342 g/mol. The van der Waals surface area contributed by atoms with Crippen LogP contribution in [0.1, 0.15) is 19.8 Å². The van der Waals surface area contributed by atoms with Crippen molar-refractivity contribution in [1.82, 2.24) is 10.2 Å². The van der Waals surface area contributed by atoms with Crippen molar-refractivity contribution in [3.63, 3.8) is 0 Å². The normalized spacial score (nSPS) is 11.3. The Morgan fingerprint density at radius 1 is 1.09 bits per heavy atom. The van der Waals surface area contributed by atoms with Gasteiger partial charge in [0.25, 0.3) is 0 Å². The molecule has 23 heavy (non-hydrogen) atoms. The molecule has 1 aromatic carbocycles. The summed E-state index contributed by atoms with van der Waals surface area (Å²) in [6.07, 6.45) is 1.31. The van der Waals surface area contributed by atoms with Crippen LogP contribution in [-0.4, -0.2) is 24.4 Å². The van der Waals surface area contributed by atoms with Gasteiger partial charge in [0, 0.05) is 6.07 Å². The third-order valence-corrected chi connectivity index (χ3v) is 4.23. The maximum atomic E-state index is 13.5. The number of nitrogens with one attached hydrogen (secondary N) is 2. The second kappa shape index (κ2) is 7.32. The molecule has 0 aliphatic carbocycles. The van der Waals surface area contributed by atoms with Gasteiger partial charge >= 0.3 is 0 Å². The molecule has 0 saturated heterocycles. The Kier molecular flexibility index (Phi) is 5.43. The SMILES string of the molecule is CCCCS(=O)(=O)Nc1ccc(Nc2ccc(F)cc2F)nn1. The van der Waals surface area contributed by atoms with Gasteiger partial charge in [0.1, 0.15) is 11.6 Å². The molecule has 6 nitrogen and oxygen atoms in total. The molecule has 0 radical (unpaired) electrons. The maximum absolute atomic E-state index is 13.5. The summed E-state index contributed by atoms with van der Waals surface area (Å²) in [6, 6.07) is 5.92. The standard InChI is InChI=1S/C14H16F2N4O2S/c1-2-3-8-23(21,22)20-14-7-6-13(18-19-14)17-12-5-4-10(15)9-11(12)16/h4-7,9H,2-3,8H2,1H3,(H,17,18)(H,19,20). The lowest BCUT2D eigenvalue weighted by Crippen LogP contribution is -2.17. The molecule has 0 aliphatic rings. The lowest BCUT2D eigenvalue weighted by molar-refractivity contribution is 0.586. The minimum atomic E-state index is -3.45. The fraction of sp³-hybridized carbons (Fsp3) is 0.286. The van der Waals surface area contributed by atoms with Gasteiger partial charge in [0.05, 0.1) is 11.4 Å². The van der Waals surface area contributed by atoms with Crippen molar-refractivity contribution < 1.29 is 17.2 Å². The van der Waals surface area contributed by atoms with Gasteiger partial charge in [0.2, 0.25) is 10.0 Å². The van der Waals surface area contributed by atoms with Crippen LogP contribution < -0.4 is 10.0 Å². The maximum Gasteiger partial charge on any atom is 0.233 e. The monoisotopic (exact) mass is 342 g/mol. The minimum Gasteiger partial charge on any atom is -0.336 e. The zero-order chi connectivity index (χ0) is 16.9. The van der Waals surface area contributed by atoms with Crippen molar-refractivity contribution in [2.24, 2.45) is 0 Å². The van der Waals surface area contributed by atoms with Gasteiger partial charge in [-0.3, -0.25) is 4.72 Å². The van der Waals surface area contributed by atoms with Crippen LogP contribution in [-0.2, 0) is 10.0 Å². The Morgan fingerprint density at radius 3 is 2.39 bits per heavy atom. The van der Waals surface area contributed by atoms with Crippen LogP contribution in [0.15, 0.2) is 30.3 Å². The van der Waals surface area contributed by atoms with E-state index in [-0.39, 0.29) is 23.1 Å². The van der Waals surface area contributed by atoms with Gasteiger partial charge in [-0.1, -0.05) is 13.3 Å². The number of aromatic nitrogens is 2. The first-order chi connectivity index (χ1) is 10.9. The van der Waals surface area contributed by atoms with E-state index in [1.807, 2.05) is 6.92 Å². The smallest absolute Gasteiger partial charge is 0.233 e. The number of rotatable bonds is 7. The van der Waals surface area contributed by atoms with E-state index in [1.165, 1.54) is 18.2 Å². The molecule has 9 heteroatoms. The topological polar surface area (TPSA) is 84.0 Å². The van der Waals surface area contributed by atoms with E-state index in [0.29, 0.717) is 6.42 Å². The number of hydrogen-bond donors (Lipinski definition) is 2. The minimum absolute atomic E-state index is 0.00592. The van der Waals surface area contributed by atoms with E-state index < -0.39 is 21.7 Å². The molecule has 0 fully saturated rings. The summed E-state index contributed by atoms with van der Waals surface area (Å²) >= 11 is 0. The Balaban J connectivity index is 2.05. The zero-order valence-electron chi connectivity index (χ0n) is 12.4. The van der Waals surface area contributed by atoms with Gasteiger partial charge < -0.3 is 5.32 Å². The van der Waals surface area contributed by atoms with E-state index in [4.69, 9.17) is 0 Å². The van der Waals surface area contributed by atoms with Gasteiger partial charge in [-0.15, -0.1) is 10.2 Å². The highest BCUT2D eigenvalue weighted by Crippen LogP contribution is 2.19. The molecule has 124 valence electrons. The number of halogens is 2. The Morgan fingerprint density at radius 2 is 1.78 bits per heavy atom. The fourth-order valence-corrected chi connectivity index (χ4v) is 2.93. The largest absolute Gasteiger partial charge is 0.336 e. The van der Waals surface area contributed by atoms with Crippen molar-refractivity contribution in [1.29, 1.82) is 0 Å². The number of unbranched alkanes of at least 4 members (excludes halogenated alkanes) is 1. The molecule has 0 saturated carbocycles. The third kappa shape index (κ3) is 5.13. The van der Waals surface area contributed by atoms with Crippen LogP contribution in [0, 0.1) is 11.6 Å². The van der Waals surface area contributed by atoms with Crippen molar-refractivity contribution in [3.05, 3.63) is 42.0 Å². The van der Waals surface area contributed by atoms with Crippen molar-refractivity contribution >= 4 is 27.3 Å². The van der Waals surface area contributed by atoms with Crippen LogP contribution in [0.5, 0.6) is 0 Å². The lowest BCUT2D eigenvalue weighted by Gasteiger charge is -2.08. The molecule has 0 atom stereocenters. The first-order valence-electron chi connectivity index (χ1n) is 6.96. The van der Waals surface area contributed by atoms with Gasteiger partial charge in [-0.05, 0) is 30.7 Å². The molecule has 2 rings (SSSR count). The molecule has 0 amide bonds. The van der Waals surface area contributed by atoms with E-state index in [9.17, 15) is 17.2 Å². The van der Waals surface area contributed by atoms with Crippen molar-refractivity contribution in [2.45, 2.75) is 19.8 Å². The predicted molar refractivity (Wildman–Crippen MR) is 84.0 cm³/mol. The molecular weight excluding hydrogens is 326 g/mol. The molecule has 1 aromatic heterocycles. The quantitative estimate of drug-likeness (QED) is 0.808. The number of nitrogens with zero attached hydrogens (tertiary/aromatic N) is 2. The Hall–Kier alpha value is -2.29. The van der Waals surface area contributed by atoms with Crippen LogP contribution in [0.2, 0.25) is 0 Å². The number of sulfonamides is 1. The second-order valence-corrected chi connectivity index (χ2v) is 6.67. The van der Waals surface area contributed by atoms with E-state index in [0.717, 1.165) is 18.6 Å². The molecule has 0 unspecified atom stereocenters. The summed E-state index contributed by atoms with van der Waals surface area (Å²) in [4.78, 5) is 0. The predicted octanol–water partition coefficient (Wildman–Crippen LogP) is 3.04. The van der Waals surface area contributed by atoms with Crippen LogP contribution in [0.25, 0.3) is 0 Å². The second-order valence-electron chi connectivity index (χ2n) is 4.83. The molecular formula is C14H16F2N4O2S. The molecule has 0 spiro atoms. The van der Waals surface area contributed by atoms with Gasteiger partial charge in [-0.25, -0.2) is 17.2 Å². The Bertz CT molecular complexity index is 767. The molecule has 0 aliphatic heterocycles. The van der Waals surface area contributed by atoms with E-state index in [2.05, 4.69) is 20.2 Å². The number of benzene rings is 1. The summed E-state index contributed by atoms with van der Waals surface area (Å²) in [7, 11) is -3.45. The summed E-state index contributed by atoms with van der Waals surface area (Å²) in [5, 5.41) is 10.1. The summed E-state index contributed by atoms with van der Waals surface area (Å²) in [5.74, 6) is -1.17. The number of anilines is 3. The van der Waals surface area contributed by atoms with Crippen LogP contribution in [0.4, 0.5) is 26.1 Å². The highest BCUT2D eigenvalue weighted by Gasteiger charge is 2.11. The average Bonchev–Trinajstić information content (AvgIpc) is 2.50. The first-order valence-corrected chi connectivity index (χ1v) is 8.61. The van der Waals surface area contributed by atoms with Crippen molar-refractivity contribution in [2.75, 3.05) is 15.8 Å². The summed E-state index contributed by atoms with van der Waals surface area (Å²) in [5.41, 5.74) is 0.0389. The molecule has 0 bridgehead atoms. The molecule has 1 heterocycles. The lowest BCUT2D eigenvalue weighted by atomic mass is 10.3. The Labute approximate surface area is 133 Å². The highest BCUT2D eigenvalue weighted by atomic mass is 32.2. The summed E-state index contributed by atoms with van der Waals surface area (Å²) in [6.45, 7) is 1.89. The molecule has 2 N–H and O–H groups in total. The first kappa shape index (κ1) is 17.1. The molecule has 2 aromatic rings. The van der Waals surface area contributed by atoms with Crippen LogP contribution in [0.3, 0.4) is 0 Å². The number of hydrogen-bond acceptors (Lipinski definition) is 5. The van der Waals surface area contributed by atoms with Gasteiger partial charge in [-0.2, -0.15) is 0 Å². The van der Waals surface area contributed by atoms with E-state index >= 15 is 0 Å².